The van der Waals surface area contributed by atoms with Crippen molar-refractivity contribution in [2.75, 3.05) is 0 Å². The Morgan fingerprint density at radius 2 is 1.88 bits per heavy atom. The summed E-state index contributed by atoms with van der Waals surface area (Å²) in [6.45, 7) is 1.97. The first-order valence-electron chi connectivity index (χ1n) is 5.28. The van der Waals surface area contributed by atoms with Crippen molar-refractivity contribution in [3.8, 4) is 6.07 Å². The molecule has 0 bridgehead atoms. The molecule has 2 rings (SSSR count). The second-order valence-corrected chi connectivity index (χ2v) is 4.31. The largest absolute Gasteiger partial charge is 0.259 e. The van der Waals surface area contributed by atoms with Crippen LogP contribution in [0.25, 0.3) is 0 Å². The average molecular weight is 243 g/mol. The Morgan fingerprint density at radius 3 is 2.41 bits per heavy atom. The zero-order valence-electron chi connectivity index (χ0n) is 9.39. The monoisotopic (exact) mass is 242 g/mol. The number of hydrogen-bond acceptors (Lipinski definition) is 2. The number of halogens is 1. The summed E-state index contributed by atoms with van der Waals surface area (Å²) in [5.74, 6) is -0.340. The second kappa shape index (κ2) is 4.99. The molecule has 84 valence electrons. The first-order chi connectivity index (χ1) is 8.20. The number of nitrogens with zero attached hydrogens (tertiary/aromatic N) is 2. The summed E-state index contributed by atoms with van der Waals surface area (Å²) in [5.41, 5.74) is 2.76. The third-order valence-electron chi connectivity index (χ3n) is 2.56. The highest BCUT2D eigenvalue weighted by Gasteiger charge is 2.14. The lowest BCUT2D eigenvalue weighted by Crippen LogP contribution is -2.00. The molecule has 1 aromatic carbocycles. The van der Waals surface area contributed by atoms with E-state index in [9.17, 15) is 5.26 Å². The first kappa shape index (κ1) is 11.6. The van der Waals surface area contributed by atoms with E-state index in [0.29, 0.717) is 5.02 Å². The Bertz CT molecular complexity index is 492. The molecule has 2 aromatic rings. The zero-order valence-corrected chi connectivity index (χ0v) is 10.1. The molecule has 0 spiro atoms. The van der Waals surface area contributed by atoms with Gasteiger partial charge in [0.1, 0.15) is 5.92 Å². The van der Waals surface area contributed by atoms with Crippen molar-refractivity contribution in [2.24, 2.45) is 0 Å². The summed E-state index contributed by atoms with van der Waals surface area (Å²) in [6, 6.07) is 13.4. The van der Waals surface area contributed by atoms with Gasteiger partial charge in [-0.15, -0.1) is 0 Å². The Morgan fingerprint density at radius 1 is 1.18 bits per heavy atom. The molecule has 0 saturated heterocycles. The minimum atomic E-state index is -0.340. The van der Waals surface area contributed by atoms with Crippen LogP contribution < -0.4 is 0 Å². The third kappa shape index (κ3) is 2.64. The molecule has 1 heterocycles. The van der Waals surface area contributed by atoms with Gasteiger partial charge in [0.2, 0.25) is 0 Å². The standard InChI is InChI=1S/C14H11ClN2/c1-10-2-7-14(17-9-10)13(8-16)11-3-5-12(15)6-4-11/h2-7,9,13H,1H3. The van der Waals surface area contributed by atoms with Crippen LogP contribution in [0.4, 0.5) is 0 Å². The number of benzene rings is 1. The molecule has 17 heavy (non-hydrogen) atoms. The van der Waals surface area contributed by atoms with Gasteiger partial charge in [0.05, 0.1) is 11.8 Å². The number of aromatic nitrogens is 1. The van der Waals surface area contributed by atoms with E-state index in [1.165, 1.54) is 0 Å². The van der Waals surface area contributed by atoms with Gasteiger partial charge in [-0.2, -0.15) is 5.26 Å². The van der Waals surface area contributed by atoms with Crippen LogP contribution in [0.1, 0.15) is 22.7 Å². The lowest BCUT2D eigenvalue weighted by atomic mass is 9.96. The van der Waals surface area contributed by atoms with Crippen molar-refractivity contribution < 1.29 is 0 Å². The molecule has 1 unspecified atom stereocenters. The van der Waals surface area contributed by atoms with E-state index in [2.05, 4.69) is 11.1 Å². The molecule has 0 aliphatic carbocycles. The van der Waals surface area contributed by atoms with E-state index in [-0.39, 0.29) is 5.92 Å². The number of nitriles is 1. The van der Waals surface area contributed by atoms with Gasteiger partial charge in [0.15, 0.2) is 0 Å². The summed E-state index contributed by atoms with van der Waals surface area (Å²) < 4.78 is 0. The van der Waals surface area contributed by atoms with E-state index < -0.39 is 0 Å². The lowest BCUT2D eigenvalue weighted by molar-refractivity contribution is 0.961. The van der Waals surface area contributed by atoms with Crippen LogP contribution in [-0.4, -0.2) is 4.98 Å². The Labute approximate surface area is 105 Å². The van der Waals surface area contributed by atoms with E-state index in [0.717, 1.165) is 16.8 Å². The summed E-state index contributed by atoms with van der Waals surface area (Å²) in [7, 11) is 0. The third-order valence-corrected chi connectivity index (χ3v) is 2.81. The maximum absolute atomic E-state index is 9.25. The highest BCUT2D eigenvalue weighted by atomic mass is 35.5. The number of rotatable bonds is 2. The fourth-order valence-electron chi connectivity index (χ4n) is 1.62. The smallest absolute Gasteiger partial charge is 0.113 e. The van der Waals surface area contributed by atoms with Crippen LogP contribution in [0, 0.1) is 18.3 Å². The quantitative estimate of drug-likeness (QED) is 0.805. The van der Waals surface area contributed by atoms with Crippen molar-refractivity contribution in [2.45, 2.75) is 12.8 Å². The normalized spacial score (nSPS) is 11.8. The Hall–Kier alpha value is -1.85. The first-order valence-corrected chi connectivity index (χ1v) is 5.66. The van der Waals surface area contributed by atoms with Gasteiger partial charge in [0.25, 0.3) is 0 Å². The predicted octanol–water partition coefficient (Wildman–Crippen LogP) is 3.70. The molecule has 2 nitrogen and oxygen atoms in total. The Kier molecular flexibility index (Phi) is 3.41. The van der Waals surface area contributed by atoms with Crippen molar-refractivity contribution in [3.05, 3.63) is 64.4 Å². The Balaban J connectivity index is 2.37. The summed E-state index contributed by atoms with van der Waals surface area (Å²) in [4.78, 5) is 4.29. The van der Waals surface area contributed by atoms with Gasteiger partial charge < -0.3 is 0 Å². The topological polar surface area (TPSA) is 36.7 Å². The molecule has 0 fully saturated rings. The highest BCUT2D eigenvalue weighted by Crippen LogP contribution is 2.23. The molecule has 1 atom stereocenters. The van der Waals surface area contributed by atoms with Gasteiger partial charge in [-0.1, -0.05) is 29.8 Å². The predicted molar refractivity (Wildman–Crippen MR) is 67.9 cm³/mol. The van der Waals surface area contributed by atoms with E-state index in [4.69, 9.17) is 11.6 Å². The molecular weight excluding hydrogens is 232 g/mol. The minimum absolute atomic E-state index is 0.340. The van der Waals surface area contributed by atoms with Crippen LogP contribution in [-0.2, 0) is 0 Å². The zero-order chi connectivity index (χ0) is 12.3. The van der Waals surface area contributed by atoms with E-state index in [1.807, 2.05) is 31.2 Å². The molecule has 1 aromatic heterocycles. The van der Waals surface area contributed by atoms with Gasteiger partial charge >= 0.3 is 0 Å². The van der Waals surface area contributed by atoms with Crippen molar-refractivity contribution >= 4 is 11.6 Å². The SMILES string of the molecule is Cc1ccc(C(C#N)c2ccc(Cl)cc2)nc1. The molecule has 0 aliphatic rings. The van der Waals surface area contributed by atoms with Crippen LogP contribution in [0.5, 0.6) is 0 Å². The molecule has 0 amide bonds. The molecular formula is C14H11ClN2. The maximum Gasteiger partial charge on any atom is 0.113 e. The van der Waals surface area contributed by atoms with E-state index >= 15 is 0 Å². The van der Waals surface area contributed by atoms with Crippen LogP contribution in [0.2, 0.25) is 5.02 Å². The fraction of sp³-hybridized carbons (Fsp3) is 0.143. The molecule has 0 N–H and O–H groups in total. The van der Waals surface area contributed by atoms with Crippen molar-refractivity contribution in [1.29, 1.82) is 5.26 Å². The lowest BCUT2D eigenvalue weighted by Gasteiger charge is -2.09. The highest BCUT2D eigenvalue weighted by molar-refractivity contribution is 6.30. The average Bonchev–Trinajstić information content (AvgIpc) is 2.35. The van der Waals surface area contributed by atoms with E-state index in [1.54, 1.807) is 18.3 Å². The summed E-state index contributed by atoms with van der Waals surface area (Å²) in [5, 5.41) is 9.92. The van der Waals surface area contributed by atoms with Crippen molar-refractivity contribution in [3.63, 3.8) is 0 Å². The number of pyridine rings is 1. The molecule has 0 aliphatic heterocycles. The van der Waals surface area contributed by atoms with Gasteiger partial charge in [-0.25, -0.2) is 0 Å². The van der Waals surface area contributed by atoms with Crippen molar-refractivity contribution in [1.82, 2.24) is 4.98 Å². The maximum atomic E-state index is 9.25. The van der Waals surface area contributed by atoms with Gasteiger partial charge in [-0.3, -0.25) is 4.98 Å². The van der Waals surface area contributed by atoms with Gasteiger partial charge in [0, 0.05) is 11.2 Å². The number of aryl methyl sites for hydroxylation is 1. The molecule has 3 heteroatoms. The summed E-state index contributed by atoms with van der Waals surface area (Å²) >= 11 is 5.83. The fourth-order valence-corrected chi connectivity index (χ4v) is 1.74. The van der Waals surface area contributed by atoms with Crippen LogP contribution in [0.3, 0.4) is 0 Å². The molecule has 0 radical (unpaired) electrons. The summed E-state index contributed by atoms with van der Waals surface area (Å²) in [6.07, 6.45) is 1.77. The number of hydrogen-bond donors (Lipinski definition) is 0. The van der Waals surface area contributed by atoms with Gasteiger partial charge in [-0.05, 0) is 36.2 Å². The molecule has 0 saturated carbocycles. The van der Waals surface area contributed by atoms with Crippen LogP contribution in [0.15, 0.2) is 42.6 Å². The second-order valence-electron chi connectivity index (χ2n) is 3.87. The minimum Gasteiger partial charge on any atom is -0.259 e. The van der Waals surface area contributed by atoms with Crippen LogP contribution >= 0.6 is 11.6 Å².